The Balaban J connectivity index is 1.33. The fourth-order valence-corrected chi connectivity index (χ4v) is 4.46. The average Bonchev–Trinajstić information content (AvgIpc) is 3.26. The lowest BCUT2D eigenvalue weighted by Crippen LogP contribution is -2.34. The second-order valence-corrected chi connectivity index (χ2v) is 8.52. The Hall–Kier alpha value is -2.83. The summed E-state index contributed by atoms with van der Waals surface area (Å²) in [6.07, 6.45) is 6.36. The Morgan fingerprint density at radius 2 is 1.80 bits per heavy atom. The molecule has 30 heavy (non-hydrogen) atoms. The van der Waals surface area contributed by atoms with Gasteiger partial charge in [0.2, 0.25) is 5.91 Å². The molecule has 2 saturated heterocycles. The van der Waals surface area contributed by atoms with Crippen LogP contribution in [0.5, 0.6) is 0 Å². The molecule has 0 radical (unpaired) electrons. The summed E-state index contributed by atoms with van der Waals surface area (Å²) in [4.78, 5) is 31.2. The van der Waals surface area contributed by atoms with Crippen LogP contribution < -0.4 is 15.4 Å². The van der Waals surface area contributed by atoms with Gasteiger partial charge in [0.25, 0.3) is 5.56 Å². The highest BCUT2D eigenvalue weighted by molar-refractivity contribution is 5.80. The number of amides is 1. The van der Waals surface area contributed by atoms with Gasteiger partial charge in [0.05, 0.1) is 17.8 Å². The molecule has 2 aliphatic heterocycles. The maximum atomic E-state index is 13.0. The first-order chi connectivity index (χ1) is 14.5. The number of anilines is 2. The Kier molecular flexibility index (Phi) is 6.06. The molecule has 2 fully saturated rings. The minimum absolute atomic E-state index is 0.0494. The summed E-state index contributed by atoms with van der Waals surface area (Å²) >= 11 is 0. The number of rotatable bonds is 5. The number of carbonyl (C=O) groups excluding carboxylic acids is 1. The molecule has 3 heterocycles. The van der Waals surface area contributed by atoms with Gasteiger partial charge in [-0.25, -0.2) is 4.68 Å². The van der Waals surface area contributed by atoms with Gasteiger partial charge in [0.15, 0.2) is 0 Å². The highest BCUT2D eigenvalue weighted by atomic mass is 16.2. The van der Waals surface area contributed by atoms with E-state index < -0.39 is 0 Å². The van der Waals surface area contributed by atoms with E-state index in [2.05, 4.69) is 39.2 Å². The molecular weight excluding hydrogens is 378 g/mol. The molecule has 0 saturated carbocycles. The Labute approximate surface area is 177 Å². The van der Waals surface area contributed by atoms with Gasteiger partial charge < -0.3 is 14.7 Å². The molecule has 1 amide bonds. The van der Waals surface area contributed by atoms with E-state index in [-0.39, 0.29) is 17.4 Å². The van der Waals surface area contributed by atoms with Crippen LogP contribution in [-0.2, 0) is 18.4 Å². The largest absolute Gasteiger partial charge is 0.372 e. The number of hydrogen-bond acceptors (Lipinski definition) is 5. The molecule has 1 aromatic heterocycles. The molecule has 7 heteroatoms. The molecule has 2 aromatic rings. The van der Waals surface area contributed by atoms with Crippen molar-refractivity contribution in [2.24, 2.45) is 13.0 Å². The van der Waals surface area contributed by atoms with E-state index in [4.69, 9.17) is 0 Å². The number of hydrogen-bond donors (Lipinski definition) is 0. The van der Waals surface area contributed by atoms with Crippen molar-refractivity contribution in [1.82, 2.24) is 14.7 Å². The van der Waals surface area contributed by atoms with Crippen LogP contribution in [-0.4, -0.2) is 53.8 Å². The fraction of sp³-hybridized carbons (Fsp3) is 0.522. The molecule has 1 atom stereocenters. The van der Waals surface area contributed by atoms with Gasteiger partial charge in [0, 0.05) is 58.6 Å². The third-order valence-electron chi connectivity index (χ3n) is 6.31. The van der Waals surface area contributed by atoms with Crippen LogP contribution in [0, 0.1) is 5.92 Å². The summed E-state index contributed by atoms with van der Waals surface area (Å²) in [7, 11) is 3.51. The van der Waals surface area contributed by atoms with Crippen LogP contribution in [0.3, 0.4) is 0 Å². The van der Waals surface area contributed by atoms with Gasteiger partial charge in [-0.2, -0.15) is 5.10 Å². The zero-order valence-electron chi connectivity index (χ0n) is 18.0. The monoisotopic (exact) mass is 409 g/mol. The number of aryl methyl sites for hydroxylation is 1. The lowest BCUT2D eigenvalue weighted by atomic mass is 10.1. The molecule has 0 bridgehead atoms. The highest BCUT2D eigenvalue weighted by Crippen LogP contribution is 2.25. The second-order valence-electron chi connectivity index (χ2n) is 8.52. The number of nitrogens with zero attached hydrogens (tertiary/aromatic N) is 5. The van der Waals surface area contributed by atoms with Gasteiger partial charge in [-0.1, -0.05) is 12.1 Å². The minimum Gasteiger partial charge on any atom is -0.372 e. The molecule has 1 aromatic carbocycles. The maximum Gasteiger partial charge on any atom is 0.268 e. The van der Waals surface area contributed by atoms with Crippen LogP contribution in [0.25, 0.3) is 0 Å². The number of carbonyl (C=O) groups is 1. The lowest BCUT2D eigenvalue weighted by Gasteiger charge is -2.29. The molecule has 2 aliphatic rings. The van der Waals surface area contributed by atoms with Gasteiger partial charge in [-0.05, 0) is 43.4 Å². The van der Waals surface area contributed by atoms with Crippen molar-refractivity contribution in [3.05, 3.63) is 52.4 Å². The Morgan fingerprint density at radius 3 is 2.50 bits per heavy atom. The number of piperidine rings is 1. The van der Waals surface area contributed by atoms with E-state index in [1.54, 1.807) is 19.3 Å². The minimum atomic E-state index is -0.132. The quantitative estimate of drug-likeness (QED) is 0.758. The third kappa shape index (κ3) is 4.50. The van der Waals surface area contributed by atoms with Gasteiger partial charge in [-0.15, -0.1) is 0 Å². The van der Waals surface area contributed by atoms with Crippen LogP contribution in [0.2, 0.25) is 0 Å². The van der Waals surface area contributed by atoms with E-state index in [9.17, 15) is 9.59 Å². The van der Waals surface area contributed by atoms with Crippen molar-refractivity contribution in [3.63, 3.8) is 0 Å². The van der Waals surface area contributed by atoms with Crippen molar-refractivity contribution in [1.29, 1.82) is 0 Å². The van der Waals surface area contributed by atoms with Crippen LogP contribution in [0.4, 0.5) is 11.4 Å². The third-order valence-corrected chi connectivity index (χ3v) is 6.31. The van der Waals surface area contributed by atoms with Crippen LogP contribution in [0.15, 0.2) is 41.3 Å². The van der Waals surface area contributed by atoms with Crippen molar-refractivity contribution in [3.8, 4) is 0 Å². The van der Waals surface area contributed by atoms with Crippen LogP contribution >= 0.6 is 0 Å². The maximum absolute atomic E-state index is 13.0. The molecule has 0 aliphatic carbocycles. The molecule has 0 spiro atoms. The van der Waals surface area contributed by atoms with E-state index in [1.165, 1.54) is 29.6 Å². The van der Waals surface area contributed by atoms with Crippen molar-refractivity contribution in [2.45, 2.75) is 32.2 Å². The van der Waals surface area contributed by atoms with E-state index in [0.717, 1.165) is 37.3 Å². The van der Waals surface area contributed by atoms with Gasteiger partial charge >= 0.3 is 0 Å². The first-order valence-corrected chi connectivity index (χ1v) is 10.9. The molecule has 0 N–H and O–H groups in total. The summed E-state index contributed by atoms with van der Waals surface area (Å²) in [5, 5.41) is 4.09. The molecule has 4 rings (SSSR count). The Bertz CT molecular complexity index is 933. The van der Waals surface area contributed by atoms with Crippen molar-refractivity contribution in [2.75, 3.05) is 43.0 Å². The lowest BCUT2D eigenvalue weighted by molar-refractivity contribution is -0.134. The fourth-order valence-electron chi connectivity index (χ4n) is 4.46. The van der Waals surface area contributed by atoms with Gasteiger partial charge in [-0.3, -0.25) is 9.59 Å². The first-order valence-electron chi connectivity index (χ1n) is 10.9. The Morgan fingerprint density at radius 1 is 1.07 bits per heavy atom. The summed E-state index contributed by atoms with van der Waals surface area (Å²) in [5.74, 6) is 0.112. The molecular formula is C23H31N5O2. The van der Waals surface area contributed by atoms with E-state index >= 15 is 0 Å². The SMILES string of the molecule is CN(Cc1ccc(N2CCCCC2)cc1)C(=O)C1CCN(c2cnn(C)c(=O)c2)C1. The average molecular weight is 410 g/mol. The van der Waals surface area contributed by atoms with Crippen molar-refractivity contribution < 1.29 is 4.79 Å². The van der Waals surface area contributed by atoms with Gasteiger partial charge in [0.1, 0.15) is 0 Å². The standard InChI is InChI=1S/C23H31N5O2/c1-25(16-18-6-8-20(9-7-18)27-11-4-3-5-12-27)23(30)19-10-13-28(17-19)21-14-22(29)26(2)24-15-21/h6-9,14-15,19H,3-5,10-13,16-17H2,1-2H3. The molecule has 160 valence electrons. The summed E-state index contributed by atoms with van der Waals surface area (Å²) < 4.78 is 1.31. The normalized spacial score (nSPS) is 19.2. The van der Waals surface area contributed by atoms with Crippen LogP contribution in [0.1, 0.15) is 31.2 Å². The number of aromatic nitrogens is 2. The second kappa shape index (κ2) is 8.90. The molecule has 1 unspecified atom stereocenters. The van der Waals surface area contributed by atoms with E-state index in [1.807, 2.05) is 11.9 Å². The topological polar surface area (TPSA) is 61.7 Å². The zero-order valence-corrected chi connectivity index (χ0v) is 18.0. The predicted octanol–water partition coefficient (Wildman–Crippen LogP) is 2.26. The summed E-state index contributed by atoms with van der Waals surface area (Å²) in [6.45, 7) is 4.29. The number of benzene rings is 1. The molecule has 7 nitrogen and oxygen atoms in total. The van der Waals surface area contributed by atoms with E-state index in [0.29, 0.717) is 13.1 Å². The highest BCUT2D eigenvalue weighted by Gasteiger charge is 2.30. The predicted molar refractivity (Wildman–Crippen MR) is 119 cm³/mol. The summed E-state index contributed by atoms with van der Waals surface area (Å²) in [6, 6.07) is 10.2. The zero-order chi connectivity index (χ0) is 21.1. The summed E-state index contributed by atoms with van der Waals surface area (Å²) in [5.41, 5.74) is 3.09. The first kappa shape index (κ1) is 20.4. The smallest absolute Gasteiger partial charge is 0.268 e. The van der Waals surface area contributed by atoms with Crippen molar-refractivity contribution >= 4 is 17.3 Å².